The lowest BCUT2D eigenvalue weighted by Crippen LogP contribution is -2.61. The van der Waals surface area contributed by atoms with Gasteiger partial charge in [0.1, 0.15) is 0 Å². The molecule has 9 heteroatoms. The summed E-state index contributed by atoms with van der Waals surface area (Å²) in [6, 6.07) is 27.9. The number of carbonyl (C=O) groups is 2. The van der Waals surface area contributed by atoms with Crippen LogP contribution in [-0.2, 0) is 20.7 Å². The van der Waals surface area contributed by atoms with E-state index in [0.717, 1.165) is 27.6 Å². The van der Waals surface area contributed by atoms with E-state index in [1.54, 1.807) is 29.2 Å². The van der Waals surface area contributed by atoms with Crippen LogP contribution in [0.5, 0.6) is 0 Å². The summed E-state index contributed by atoms with van der Waals surface area (Å²) in [7, 11) is 0. The maximum Gasteiger partial charge on any atom is 0.280 e. The normalized spacial score (nSPS) is 15.1. The molecular weight excluding hydrogens is 506 g/mol. The number of nitrogens with two attached hydrogens (primary N) is 1. The topological polar surface area (TPSA) is 121 Å². The van der Waals surface area contributed by atoms with Crippen LogP contribution in [0.3, 0.4) is 0 Å². The van der Waals surface area contributed by atoms with Gasteiger partial charge in [-0.25, -0.2) is 9.67 Å². The molecule has 0 spiro atoms. The van der Waals surface area contributed by atoms with Crippen LogP contribution in [0.4, 0.5) is 0 Å². The summed E-state index contributed by atoms with van der Waals surface area (Å²) >= 11 is 0. The Morgan fingerprint density at radius 3 is 2.48 bits per heavy atom. The summed E-state index contributed by atoms with van der Waals surface area (Å²) in [6.45, 7) is 0.374. The highest BCUT2D eigenvalue weighted by atomic mass is 16.7. The summed E-state index contributed by atoms with van der Waals surface area (Å²) in [5.74, 6) is -2.72. The molecule has 0 aliphatic carbocycles. The predicted octanol–water partition coefficient (Wildman–Crippen LogP) is 3.66. The van der Waals surface area contributed by atoms with Crippen molar-refractivity contribution >= 4 is 22.6 Å². The first-order valence-corrected chi connectivity index (χ1v) is 13.0. The zero-order chi connectivity index (χ0) is 27.5. The molecule has 1 aliphatic heterocycles. The summed E-state index contributed by atoms with van der Waals surface area (Å²) in [5, 5.41) is 9.89. The minimum atomic E-state index is -1.79. The van der Waals surface area contributed by atoms with Crippen LogP contribution in [0.2, 0.25) is 0 Å². The minimum absolute atomic E-state index is 0.187. The maximum atomic E-state index is 13.8. The van der Waals surface area contributed by atoms with E-state index in [1.807, 2.05) is 60.7 Å². The fourth-order valence-electron chi connectivity index (χ4n) is 5.10. The number of hydrogen-bond donors (Lipinski definition) is 2. The molecule has 1 fully saturated rings. The molecule has 2 amide bonds. The van der Waals surface area contributed by atoms with Gasteiger partial charge in [-0.05, 0) is 41.0 Å². The van der Waals surface area contributed by atoms with Gasteiger partial charge in [0.05, 0.1) is 30.5 Å². The maximum absolute atomic E-state index is 13.8. The second-order valence-electron chi connectivity index (χ2n) is 9.49. The average Bonchev–Trinajstić information content (AvgIpc) is 3.69. The van der Waals surface area contributed by atoms with Crippen molar-refractivity contribution in [2.24, 2.45) is 5.73 Å². The van der Waals surface area contributed by atoms with Gasteiger partial charge in [0, 0.05) is 18.0 Å². The van der Waals surface area contributed by atoms with Crippen molar-refractivity contribution in [3.05, 3.63) is 115 Å². The van der Waals surface area contributed by atoms with E-state index in [4.69, 9.17) is 20.3 Å². The van der Waals surface area contributed by atoms with Gasteiger partial charge in [-0.3, -0.25) is 9.59 Å². The number of nitrogens with zero attached hydrogens (tertiary/aromatic N) is 3. The molecule has 1 saturated heterocycles. The molecule has 0 saturated carbocycles. The molecule has 5 aromatic rings. The summed E-state index contributed by atoms with van der Waals surface area (Å²) in [6.07, 6.45) is 3.63. The molecule has 3 aromatic carbocycles. The number of fused-ring (bicyclic) bond motifs is 1. The molecule has 2 aromatic heterocycles. The second-order valence-corrected chi connectivity index (χ2v) is 9.49. The number of benzene rings is 3. The number of ether oxygens (including phenoxy) is 2. The molecule has 0 radical (unpaired) electrons. The van der Waals surface area contributed by atoms with E-state index in [9.17, 15) is 9.59 Å². The molecule has 9 nitrogen and oxygen atoms in total. The standard InChI is InChI=1S/C31H27N5O4/c32-30(38)31(39-18-19-40-31)27(20-21-8-2-1-3-9-21)34-29(37)25-14-7-16-33-28(25)36-17-15-26(35-36)24-13-6-11-22-10-4-5-12-23(22)24/h1-17,27H,18-20H2,(H2,32,38)(H,34,37). The van der Waals surface area contributed by atoms with E-state index < -0.39 is 23.6 Å². The largest absolute Gasteiger partial charge is 0.365 e. The van der Waals surface area contributed by atoms with Gasteiger partial charge < -0.3 is 20.5 Å². The molecule has 1 unspecified atom stereocenters. The summed E-state index contributed by atoms with van der Waals surface area (Å²) in [4.78, 5) is 30.8. The van der Waals surface area contributed by atoms with Crippen molar-refractivity contribution < 1.29 is 19.1 Å². The Bertz CT molecular complexity index is 1670. The zero-order valence-corrected chi connectivity index (χ0v) is 21.6. The van der Waals surface area contributed by atoms with Crippen molar-refractivity contribution in [3.63, 3.8) is 0 Å². The SMILES string of the molecule is NC(=O)C1(C(Cc2ccccc2)NC(=O)c2cccnc2-n2ccc(-c3cccc4ccccc34)n2)OCCO1. The lowest BCUT2D eigenvalue weighted by molar-refractivity contribution is -0.189. The number of pyridine rings is 1. The lowest BCUT2D eigenvalue weighted by Gasteiger charge is -2.33. The molecular formula is C31H27N5O4. The molecule has 1 atom stereocenters. The fourth-order valence-corrected chi connectivity index (χ4v) is 5.10. The first-order chi connectivity index (χ1) is 19.5. The first-order valence-electron chi connectivity index (χ1n) is 13.0. The van der Waals surface area contributed by atoms with Crippen LogP contribution in [0, 0.1) is 0 Å². The highest BCUT2D eigenvalue weighted by molar-refractivity contribution is 5.98. The summed E-state index contributed by atoms with van der Waals surface area (Å²) < 4.78 is 13.0. The van der Waals surface area contributed by atoms with Gasteiger partial charge in [-0.2, -0.15) is 5.10 Å². The number of hydrogen-bond acceptors (Lipinski definition) is 6. The van der Waals surface area contributed by atoms with Crippen LogP contribution >= 0.6 is 0 Å². The molecule has 200 valence electrons. The van der Waals surface area contributed by atoms with Crippen molar-refractivity contribution in [2.45, 2.75) is 18.2 Å². The molecule has 1 aliphatic rings. The third-order valence-corrected chi connectivity index (χ3v) is 7.01. The van der Waals surface area contributed by atoms with Crippen molar-refractivity contribution in [1.82, 2.24) is 20.1 Å². The summed E-state index contributed by atoms with van der Waals surface area (Å²) in [5.41, 5.74) is 8.62. The van der Waals surface area contributed by atoms with E-state index >= 15 is 0 Å². The van der Waals surface area contributed by atoms with Crippen molar-refractivity contribution in [3.8, 4) is 17.1 Å². The monoisotopic (exact) mass is 533 g/mol. The Morgan fingerprint density at radius 1 is 0.925 bits per heavy atom. The Morgan fingerprint density at radius 2 is 1.68 bits per heavy atom. The van der Waals surface area contributed by atoms with Gasteiger partial charge in [0.15, 0.2) is 5.82 Å². The highest BCUT2D eigenvalue weighted by Gasteiger charge is 2.51. The van der Waals surface area contributed by atoms with E-state index in [1.165, 1.54) is 0 Å². The molecule has 3 heterocycles. The second kappa shape index (κ2) is 10.7. The molecule has 0 bridgehead atoms. The number of aromatic nitrogens is 3. The number of amides is 2. The lowest BCUT2D eigenvalue weighted by atomic mass is 9.97. The average molecular weight is 534 g/mol. The number of primary amides is 1. The van der Waals surface area contributed by atoms with Crippen molar-refractivity contribution in [1.29, 1.82) is 0 Å². The van der Waals surface area contributed by atoms with E-state index in [-0.39, 0.29) is 25.2 Å². The molecule has 3 N–H and O–H groups in total. The Kier molecular flexibility index (Phi) is 6.81. The minimum Gasteiger partial charge on any atom is -0.365 e. The van der Waals surface area contributed by atoms with Crippen LogP contribution < -0.4 is 11.1 Å². The first kappa shape index (κ1) is 25.4. The predicted molar refractivity (Wildman–Crippen MR) is 150 cm³/mol. The number of nitrogens with one attached hydrogen (secondary N) is 1. The van der Waals surface area contributed by atoms with Crippen LogP contribution in [0.15, 0.2) is 103 Å². The molecule has 40 heavy (non-hydrogen) atoms. The van der Waals surface area contributed by atoms with Gasteiger partial charge in [0.25, 0.3) is 17.6 Å². The Hall–Kier alpha value is -4.86. The van der Waals surface area contributed by atoms with E-state index in [2.05, 4.69) is 28.5 Å². The van der Waals surface area contributed by atoms with Gasteiger partial charge in [-0.15, -0.1) is 0 Å². The van der Waals surface area contributed by atoms with Crippen LogP contribution in [0.25, 0.3) is 27.8 Å². The third-order valence-electron chi connectivity index (χ3n) is 7.01. The van der Waals surface area contributed by atoms with Crippen LogP contribution in [0.1, 0.15) is 15.9 Å². The Labute approximate surface area is 230 Å². The number of carbonyl (C=O) groups excluding carboxylic acids is 2. The quantitative estimate of drug-likeness (QED) is 0.314. The Balaban J connectivity index is 1.33. The smallest absolute Gasteiger partial charge is 0.280 e. The van der Waals surface area contributed by atoms with Gasteiger partial charge >= 0.3 is 0 Å². The molecule has 6 rings (SSSR count). The van der Waals surface area contributed by atoms with E-state index in [0.29, 0.717) is 5.82 Å². The fraction of sp³-hybridized carbons (Fsp3) is 0.161. The zero-order valence-electron chi connectivity index (χ0n) is 21.6. The van der Waals surface area contributed by atoms with Gasteiger partial charge in [0.2, 0.25) is 0 Å². The van der Waals surface area contributed by atoms with Crippen LogP contribution in [-0.4, -0.2) is 51.6 Å². The third kappa shape index (κ3) is 4.72. The number of rotatable bonds is 8. The van der Waals surface area contributed by atoms with Crippen molar-refractivity contribution in [2.75, 3.05) is 13.2 Å². The highest BCUT2D eigenvalue weighted by Crippen LogP contribution is 2.29. The van der Waals surface area contributed by atoms with Gasteiger partial charge in [-0.1, -0.05) is 72.8 Å².